The predicted molar refractivity (Wildman–Crippen MR) is 64.4 cm³/mol. The molecule has 0 aromatic carbocycles. The van der Waals surface area contributed by atoms with E-state index in [9.17, 15) is 17.6 Å². The first-order valence-corrected chi connectivity index (χ1v) is 6.57. The molecule has 1 aliphatic heterocycles. The molecule has 1 aliphatic carbocycles. The van der Waals surface area contributed by atoms with Gasteiger partial charge in [-0.1, -0.05) is 0 Å². The van der Waals surface area contributed by atoms with Crippen LogP contribution in [-0.4, -0.2) is 30.9 Å². The number of ether oxygens (including phenoxy) is 1. The van der Waals surface area contributed by atoms with Crippen LogP contribution in [0.2, 0.25) is 0 Å². The zero-order valence-corrected chi connectivity index (χ0v) is 11.0. The van der Waals surface area contributed by atoms with Crippen LogP contribution >= 0.6 is 0 Å². The van der Waals surface area contributed by atoms with Crippen molar-refractivity contribution in [3.05, 3.63) is 23.6 Å². The third kappa shape index (κ3) is 2.60. The summed E-state index contributed by atoms with van der Waals surface area (Å²) in [5, 5.41) is 0. The molecule has 1 unspecified atom stereocenters. The second kappa shape index (κ2) is 5.13. The fourth-order valence-electron chi connectivity index (χ4n) is 2.37. The topological polar surface area (TPSA) is 40.6 Å². The Morgan fingerprint density at radius 2 is 2.14 bits per heavy atom. The molecule has 9 heteroatoms. The van der Waals surface area contributed by atoms with Crippen LogP contribution < -0.4 is 4.74 Å². The smallest absolute Gasteiger partial charge is 0.428 e. The molecule has 0 bridgehead atoms. The van der Waals surface area contributed by atoms with Crippen molar-refractivity contribution in [2.45, 2.75) is 36.9 Å². The maximum absolute atomic E-state index is 13.9. The summed E-state index contributed by atoms with van der Waals surface area (Å²) in [6, 6.07) is 1.12. The second-order valence-electron chi connectivity index (χ2n) is 5.27. The summed E-state index contributed by atoms with van der Waals surface area (Å²) < 4.78 is 57.8. The number of pyridine rings is 1. The van der Waals surface area contributed by atoms with E-state index in [1.807, 2.05) is 0 Å². The molecule has 1 aromatic heterocycles. The molecule has 1 atom stereocenters. The Labute approximate surface area is 118 Å². The molecule has 0 radical (unpaired) electrons. The SMILES string of the molecule is Fc1cc(C2BOOC2)cnc1OC1(C(F)(F)F)CCC1. The van der Waals surface area contributed by atoms with E-state index in [1.54, 1.807) is 0 Å². The Balaban J connectivity index is 1.80. The molecule has 114 valence electrons. The minimum Gasteiger partial charge on any atom is -0.459 e. The van der Waals surface area contributed by atoms with E-state index in [0.717, 1.165) is 6.07 Å². The summed E-state index contributed by atoms with van der Waals surface area (Å²) in [5.74, 6) is -1.70. The molecule has 3 rings (SSSR count). The third-order valence-electron chi connectivity index (χ3n) is 3.89. The molecule has 1 saturated heterocycles. The van der Waals surface area contributed by atoms with Gasteiger partial charge in [0.25, 0.3) is 5.88 Å². The molecule has 0 amide bonds. The highest BCUT2D eigenvalue weighted by atomic mass is 19.4. The number of hydrogen-bond acceptors (Lipinski definition) is 4. The minimum absolute atomic E-state index is 0.177. The maximum atomic E-state index is 13.9. The predicted octanol–water partition coefficient (Wildman–Crippen LogP) is 2.44. The lowest BCUT2D eigenvalue weighted by Crippen LogP contribution is -2.55. The third-order valence-corrected chi connectivity index (χ3v) is 3.89. The number of hydrogen-bond donors (Lipinski definition) is 0. The Morgan fingerprint density at radius 3 is 2.62 bits per heavy atom. The first-order chi connectivity index (χ1) is 9.91. The standard InChI is InChI=1S/C12H12BF4NO3/c14-9-4-7(8-6-19-21-13-8)5-18-10(9)20-11(2-1-3-11)12(15,16)17/h4-5,8,13H,1-3,6H2. The van der Waals surface area contributed by atoms with Gasteiger partial charge in [-0.2, -0.15) is 13.2 Å². The van der Waals surface area contributed by atoms with E-state index in [0.29, 0.717) is 12.0 Å². The van der Waals surface area contributed by atoms with Crippen LogP contribution in [-0.2, 0) is 9.69 Å². The van der Waals surface area contributed by atoms with Crippen LogP contribution in [0, 0.1) is 5.82 Å². The molecule has 4 nitrogen and oxygen atoms in total. The van der Waals surface area contributed by atoms with Gasteiger partial charge in [-0.3, -0.25) is 4.89 Å². The van der Waals surface area contributed by atoms with Crippen LogP contribution in [0.3, 0.4) is 0 Å². The lowest BCUT2D eigenvalue weighted by molar-refractivity contribution is -0.275. The van der Waals surface area contributed by atoms with E-state index in [4.69, 9.17) is 14.4 Å². The highest BCUT2D eigenvalue weighted by Crippen LogP contribution is 2.48. The van der Waals surface area contributed by atoms with Gasteiger partial charge in [0.05, 0.1) is 6.61 Å². The van der Waals surface area contributed by atoms with E-state index >= 15 is 0 Å². The van der Waals surface area contributed by atoms with Gasteiger partial charge in [-0.15, -0.1) is 0 Å². The van der Waals surface area contributed by atoms with Crippen molar-refractivity contribution in [3.63, 3.8) is 0 Å². The molecule has 1 saturated carbocycles. The van der Waals surface area contributed by atoms with E-state index < -0.39 is 23.5 Å². The Morgan fingerprint density at radius 1 is 1.38 bits per heavy atom. The lowest BCUT2D eigenvalue weighted by atomic mass is 9.77. The van der Waals surface area contributed by atoms with E-state index in [-0.39, 0.29) is 32.7 Å². The summed E-state index contributed by atoms with van der Waals surface area (Å²) in [7, 11) is 0.258. The number of rotatable bonds is 3. The molecule has 1 aromatic rings. The number of nitrogens with zero attached hydrogens (tertiary/aromatic N) is 1. The fourth-order valence-corrected chi connectivity index (χ4v) is 2.37. The Hall–Kier alpha value is -1.35. The van der Waals surface area contributed by atoms with Crippen LogP contribution in [0.5, 0.6) is 5.88 Å². The summed E-state index contributed by atoms with van der Waals surface area (Å²) in [5.41, 5.74) is -1.80. The molecule has 0 spiro atoms. The quantitative estimate of drug-likeness (QED) is 0.488. The van der Waals surface area contributed by atoms with Crippen molar-refractivity contribution >= 4 is 7.48 Å². The highest BCUT2D eigenvalue weighted by molar-refractivity contribution is 6.30. The van der Waals surface area contributed by atoms with Gasteiger partial charge >= 0.3 is 13.7 Å². The molecule has 2 fully saturated rings. The molecular weight excluding hydrogens is 293 g/mol. The van der Waals surface area contributed by atoms with Gasteiger partial charge in [-0.25, -0.2) is 9.37 Å². The van der Waals surface area contributed by atoms with Gasteiger partial charge < -0.3 is 9.54 Å². The summed E-state index contributed by atoms with van der Waals surface area (Å²) >= 11 is 0. The van der Waals surface area contributed by atoms with Gasteiger partial charge in [0.2, 0.25) is 5.60 Å². The monoisotopic (exact) mass is 305 g/mol. The fraction of sp³-hybridized carbons (Fsp3) is 0.583. The Bertz CT molecular complexity index is 530. The summed E-state index contributed by atoms with van der Waals surface area (Å²) in [4.78, 5) is 13.1. The van der Waals surface area contributed by atoms with Crippen molar-refractivity contribution in [1.82, 2.24) is 4.98 Å². The second-order valence-corrected chi connectivity index (χ2v) is 5.27. The summed E-state index contributed by atoms with van der Waals surface area (Å²) in [6.45, 7) is 0.258. The first kappa shape index (κ1) is 14.6. The number of aromatic nitrogens is 1. The first-order valence-electron chi connectivity index (χ1n) is 6.57. The Kier molecular flexibility index (Phi) is 3.57. The lowest BCUT2D eigenvalue weighted by Gasteiger charge is -2.42. The average molecular weight is 305 g/mol. The van der Waals surface area contributed by atoms with Crippen LogP contribution in [0.4, 0.5) is 17.6 Å². The van der Waals surface area contributed by atoms with E-state index in [2.05, 4.69) is 4.98 Å². The van der Waals surface area contributed by atoms with E-state index in [1.165, 1.54) is 6.20 Å². The number of halogens is 4. The highest BCUT2D eigenvalue weighted by Gasteiger charge is 2.61. The maximum Gasteiger partial charge on any atom is 0.428 e. The normalized spacial score (nSPS) is 24.3. The zero-order valence-electron chi connectivity index (χ0n) is 11.0. The van der Waals surface area contributed by atoms with Gasteiger partial charge in [0, 0.05) is 12.0 Å². The van der Waals surface area contributed by atoms with Crippen molar-refractivity contribution in [1.29, 1.82) is 0 Å². The zero-order chi connectivity index (χ0) is 15.1. The average Bonchev–Trinajstić information content (AvgIpc) is 2.87. The van der Waals surface area contributed by atoms with Crippen molar-refractivity contribution < 1.29 is 32.0 Å². The largest absolute Gasteiger partial charge is 0.459 e. The van der Waals surface area contributed by atoms with Gasteiger partial charge in [0.1, 0.15) is 0 Å². The van der Waals surface area contributed by atoms with Crippen LogP contribution in [0.15, 0.2) is 12.3 Å². The molecular formula is C12H12BF4NO3. The molecule has 21 heavy (non-hydrogen) atoms. The van der Waals surface area contributed by atoms with Crippen molar-refractivity contribution in [2.75, 3.05) is 6.61 Å². The minimum atomic E-state index is -4.54. The summed E-state index contributed by atoms with van der Waals surface area (Å²) in [6.07, 6.45) is -3.20. The molecule has 2 aliphatic rings. The van der Waals surface area contributed by atoms with Crippen LogP contribution in [0.1, 0.15) is 30.6 Å². The van der Waals surface area contributed by atoms with Crippen LogP contribution in [0.25, 0.3) is 0 Å². The molecule has 0 N–H and O–H groups in total. The van der Waals surface area contributed by atoms with Crippen molar-refractivity contribution in [3.8, 4) is 5.88 Å². The van der Waals surface area contributed by atoms with Gasteiger partial charge in [-0.05, 0) is 30.9 Å². The van der Waals surface area contributed by atoms with Crippen molar-refractivity contribution in [2.24, 2.45) is 0 Å². The number of alkyl halides is 3. The van der Waals surface area contributed by atoms with Gasteiger partial charge in [0.15, 0.2) is 5.82 Å². The molecule has 2 heterocycles.